The van der Waals surface area contributed by atoms with E-state index in [0.29, 0.717) is 52.5 Å². The van der Waals surface area contributed by atoms with Gasteiger partial charge in [-0.25, -0.2) is 13.2 Å². The van der Waals surface area contributed by atoms with Gasteiger partial charge in [-0.15, -0.1) is 0 Å². The summed E-state index contributed by atoms with van der Waals surface area (Å²) in [5.74, 6) is -0.756. The van der Waals surface area contributed by atoms with Crippen molar-refractivity contribution < 1.29 is 22.7 Å². The zero-order chi connectivity index (χ0) is 24.3. The Morgan fingerprint density at radius 2 is 1.76 bits per heavy atom. The molecule has 0 spiro atoms. The molecule has 1 aliphatic heterocycles. The van der Waals surface area contributed by atoms with Gasteiger partial charge >= 0.3 is 5.97 Å². The highest BCUT2D eigenvalue weighted by Gasteiger charge is 2.27. The molecule has 2 aromatic carbocycles. The molecule has 0 radical (unpaired) electrons. The van der Waals surface area contributed by atoms with E-state index in [1.807, 2.05) is 19.0 Å². The molecular formula is C23H28N4O5S. The van der Waals surface area contributed by atoms with Crippen LogP contribution in [0.3, 0.4) is 0 Å². The minimum absolute atomic E-state index is 0.277. The van der Waals surface area contributed by atoms with Gasteiger partial charge in [0.15, 0.2) is 0 Å². The van der Waals surface area contributed by atoms with Gasteiger partial charge in [-0.2, -0.15) is 0 Å². The van der Waals surface area contributed by atoms with Crippen molar-refractivity contribution in [3.8, 4) is 0 Å². The molecule has 1 amide bonds. The van der Waals surface area contributed by atoms with Crippen molar-refractivity contribution in [2.75, 3.05) is 55.5 Å². The molecule has 3 rings (SSSR count). The number of benzene rings is 2. The minimum atomic E-state index is -3.42. The molecule has 0 atom stereocenters. The summed E-state index contributed by atoms with van der Waals surface area (Å²) in [4.78, 5) is 26.3. The number of anilines is 3. The molecule has 1 aliphatic rings. The Hall–Kier alpha value is -3.37. The lowest BCUT2D eigenvalue weighted by molar-refractivity contribution is -0.110. The van der Waals surface area contributed by atoms with Gasteiger partial charge in [0.25, 0.3) is 5.91 Å². The predicted molar refractivity (Wildman–Crippen MR) is 130 cm³/mol. The van der Waals surface area contributed by atoms with E-state index in [0.717, 1.165) is 0 Å². The number of esters is 1. The summed E-state index contributed by atoms with van der Waals surface area (Å²) in [6.45, 7) is 2.71. The highest BCUT2D eigenvalue weighted by atomic mass is 32.2. The third kappa shape index (κ3) is 5.52. The Labute approximate surface area is 194 Å². The van der Waals surface area contributed by atoms with Gasteiger partial charge in [0.05, 0.1) is 35.9 Å². The second kappa shape index (κ2) is 9.63. The second-order valence-corrected chi connectivity index (χ2v) is 9.92. The first-order valence-corrected chi connectivity index (χ1v) is 12.1. The number of carbonyl (C=O) groups excluding carboxylic acids is 2. The maximum Gasteiger partial charge on any atom is 0.337 e. The molecule has 0 bridgehead atoms. The molecule has 2 N–H and O–H groups in total. The van der Waals surface area contributed by atoms with Gasteiger partial charge in [-0.3, -0.25) is 9.10 Å². The molecule has 1 heterocycles. The number of ether oxygens (including phenoxy) is 1. The Bertz CT molecular complexity index is 1200. The van der Waals surface area contributed by atoms with Gasteiger partial charge in [0.2, 0.25) is 10.0 Å². The summed E-state index contributed by atoms with van der Waals surface area (Å²) >= 11 is 0. The number of hydrogen-bond acceptors (Lipinski definition) is 7. The Kier molecular flexibility index (Phi) is 7.09. The van der Waals surface area contributed by atoms with Crippen LogP contribution in [0.25, 0.3) is 5.57 Å². The maximum atomic E-state index is 12.6. The number of sulfonamides is 1. The number of hydrogen-bond donors (Lipinski definition) is 2. The van der Waals surface area contributed by atoms with E-state index in [1.165, 1.54) is 17.7 Å². The number of nitrogens with zero attached hydrogens (tertiary/aromatic N) is 2. The summed E-state index contributed by atoms with van der Waals surface area (Å²) in [5, 5.41) is 5.99. The maximum absolute atomic E-state index is 12.6. The van der Waals surface area contributed by atoms with Crippen LogP contribution in [0.5, 0.6) is 0 Å². The van der Waals surface area contributed by atoms with Crippen molar-refractivity contribution in [3.05, 3.63) is 59.3 Å². The number of amides is 1. The molecule has 9 nitrogen and oxygen atoms in total. The number of likely N-dealkylation sites (N-methyl/N-ethyl adjacent to an activating group) is 1. The first-order chi connectivity index (χ1) is 15.5. The normalized spacial score (nSPS) is 14.5. The fraction of sp³-hybridized carbons (Fsp3) is 0.304. The quantitative estimate of drug-likeness (QED) is 0.449. The van der Waals surface area contributed by atoms with E-state index < -0.39 is 16.0 Å². The zero-order valence-electron chi connectivity index (χ0n) is 19.3. The van der Waals surface area contributed by atoms with Gasteiger partial charge in [0.1, 0.15) is 0 Å². The van der Waals surface area contributed by atoms with Crippen LogP contribution in [0.2, 0.25) is 0 Å². The Morgan fingerprint density at radius 1 is 1.09 bits per heavy atom. The molecule has 0 fully saturated rings. The van der Waals surface area contributed by atoms with Crippen LogP contribution in [0, 0.1) is 0 Å². The molecule has 0 saturated heterocycles. The monoisotopic (exact) mass is 472 g/mol. The fourth-order valence-electron chi connectivity index (χ4n) is 3.56. The standard InChI is InChI=1S/C23H28N4O5S/c1-15(21-19-11-6-16(23(29)32-4)14-20(19)25-22(21)28)24-17-7-9-18(10-8-17)27(33(5,30)31)13-12-26(2)3/h6-11,14,24H,12-13H2,1-5H3,(H,25,28). The first-order valence-electron chi connectivity index (χ1n) is 10.3. The van der Waals surface area contributed by atoms with Crippen LogP contribution >= 0.6 is 0 Å². The Balaban J connectivity index is 1.84. The largest absolute Gasteiger partial charge is 0.465 e. The molecule has 0 aliphatic carbocycles. The van der Waals surface area contributed by atoms with E-state index in [2.05, 4.69) is 10.6 Å². The lowest BCUT2D eigenvalue weighted by Gasteiger charge is -2.24. The minimum Gasteiger partial charge on any atom is -0.465 e. The van der Waals surface area contributed by atoms with Crippen molar-refractivity contribution >= 4 is 44.5 Å². The third-order valence-electron chi connectivity index (χ3n) is 5.20. The number of nitrogens with one attached hydrogen (secondary N) is 2. The molecule has 0 aromatic heterocycles. The third-order valence-corrected chi connectivity index (χ3v) is 6.39. The second-order valence-electron chi connectivity index (χ2n) is 8.02. The number of allylic oxidation sites excluding steroid dienone is 1. The molecule has 10 heteroatoms. The molecule has 0 unspecified atom stereocenters. The van der Waals surface area contributed by atoms with Crippen molar-refractivity contribution in [1.29, 1.82) is 0 Å². The van der Waals surface area contributed by atoms with E-state index in [9.17, 15) is 18.0 Å². The molecule has 176 valence electrons. The van der Waals surface area contributed by atoms with Crippen molar-refractivity contribution in [1.82, 2.24) is 4.90 Å². The molecule has 2 aromatic rings. The fourth-order valence-corrected chi connectivity index (χ4v) is 4.48. The van der Waals surface area contributed by atoms with Gasteiger partial charge < -0.3 is 20.3 Å². The Morgan fingerprint density at radius 3 is 2.33 bits per heavy atom. The van der Waals surface area contributed by atoms with Crippen molar-refractivity contribution in [2.24, 2.45) is 0 Å². The van der Waals surface area contributed by atoms with Crippen molar-refractivity contribution in [2.45, 2.75) is 6.92 Å². The lowest BCUT2D eigenvalue weighted by atomic mass is 10.0. The van der Waals surface area contributed by atoms with Crippen molar-refractivity contribution in [3.63, 3.8) is 0 Å². The van der Waals surface area contributed by atoms with Crippen LogP contribution < -0.4 is 14.9 Å². The highest BCUT2D eigenvalue weighted by Crippen LogP contribution is 2.35. The SMILES string of the molecule is COC(=O)c1ccc2c(c1)NC(=O)C2=C(C)Nc1ccc(N(CCN(C)C)S(C)(=O)=O)cc1. The number of fused-ring (bicyclic) bond motifs is 1. The van der Waals surface area contributed by atoms with Crippen LogP contribution in [-0.4, -0.2) is 65.7 Å². The lowest BCUT2D eigenvalue weighted by Crippen LogP contribution is -2.35. The van der Waals surface area contributed by atoms with Crippen LogP contribution in [0.4, 0.5) is 17.1 Å². The summed E-state index contributed by atoms with van der Waals surface area (Å²) < 4.78 is 30.6. The topological polar surface area (TPSA) is 108 Å². The molecule has 33 heavy (non-hydrogen) atoms. The summed E-state index contributed by atoms with van der Waals surface area (Å²) in [5.41, 5.74) is 3.93. The average molecular weight is 473 g/mol. The molecular weight excluding hydrogens is 444 g/mol. The van der Waals surface area contributed by atoms with Gasteiger partial charge in [0, 0.05) is 30.0 Å². The average Bonchev–Trinajstić information content (AvgIpc) is 3.08. The number of methoxy groups -OCH3 is 1. The number of carbonyl (C=O) groups is 2. The van der Waals surface area contributed by atoms with E-state index in [1.54, 1.807) is 49.4 Å². The summed E-state index contributed by atoms with van der Waals surface area (Å²) in [6.07, 6.45) is 1.19. The predicted octanol–water partition coefficient (Wildman–Crippen LogP) is 2.60. The summed E-state index contributed by atoms with van der Waals surface area (Å²) in [7, 11) is 1.65. The highest BCUT2D eigenvalue weighted by molar-refractivity contribution is 7.92. The van der Waals surface area contributed by atoms with Crippen LogP contribution in [-0.2, 0) is 19.6 Å². The van der Waals surface area contributed by atoms with E-state index in [-0.39, 0.29) is 5.91 Å². The van der Waals surface area contributed by atoms with Crippen LogP contribution in [0.1, 0.15) is 22.8 Å². The van der Waals surface area contributed by atoms with E-state index in [4.69, 9.17) is 4.74 Å². The smallest absolute Gasteiger partial charge is 0.337 e. The van der Waals surface area contributed by atoms with Gasteiger partial charge in [-0.05, 0) is 57.4 Å². The molecule has 0 saturated carbocycles. The van der Waals surface area contributed by atoms with Crippen LogP contribution in [0.15, 0.2) is 48.2 Å². The van der Waals surface area contributed by atoms with Gasteiger partial charge in [-0.1, -0.05) is 6.07 Å². The number of rotatable bonds is 8. The zero-order valence-corrected chi connectivity index (χ0v) is 20.1. The first kappa shape index (κ1) is 24.3. The summed E-state index contributed by atoms with van der Waals surface area (Å²) in [6, 6.07) is 11.9. The van der Waals surface area contributed by atoms with E-state index >= 15 is 0 Å².